The lowest BCUT2D eigenvalue weighted by molar-refractivity contribution is -0.291. The SMILES string of the molecule is N[C@@H](c1c(F)cc(Cl)cc1F)C(F)(F)C(F)(F)F. The van der Waals surface area contributed by atoms with E-state index >= 15 is 0 Å². The van der Waals surface area contributed by atoms with E-state index in [9.17, 15) is 30.7 Å². The highest BCUT2D eigenvalue weighted by Crippen LogP contribution is 2.44. The molecule has 0 aliphatic carbocycles. The largest absolute Gasteiger partial charge is 0.455 e. The molecule has 0 saturated heterocycles. The van der Waals surface area contributed by atoms with Crippen molar-refractivity contribution in [3.63, 3.8) is 0 Å². The maximum Gasteiger partial charge on any atom is 0.455 e. The van der Waals surface area contributed by atoms with Crippen molar-refractivity contribution in [3.05, 3.63) is 34.4 Å². The van der Waals surface area contributed by atoms with Gasteiger partial charge in [0.1, 0.15) is 17.7 Å². The smallest absolute Gasteiger partial charge is 0.319 e. The van der Waals surface area contributed by atoms with Crippen LogP contribution in [0, 0.1) is 11.6 Å². The summed E-state index contributed by atoms with van der Waals surface area (Å²) in [5.41, 5.74) is 3.05. The summed E-state index contributed by atoms with van der Waals surface area (Å²) in [4.78, 5) is 0. The minimum Gasteiger partial charge on any atom is -0.319 e. The Morgan fingerprint density at radius 2 is 1.39 bits per heavy atom. The van der Waals surface area contributed by atoms with Crippen LogP contribution in [-0.2, 0) is 0 Å². The van der Waals surface area contributed by atoms with Crippen molar-refractivity contribution in [1.82, 2.24) is 0 Å². The molecular weight excluding hydrogens is 291 g/mol. The molecule has 0 fully saturated rings. The fraction of sp³-hybridized carbons (Fsp3) is 0.333. The Balaban J connectivity index is 3.32. The van der Waals surface area contributed by atoms with Gasteiger partial charge in [-0.3, -0.25) is 0 Å². The number of halogens is 8. The molecule has 0 aliphatic rings. The molecule has 102 valence electrons. The molecule has 1 nitrogen and oxygen atoms in total. The number of hydrogen-bond donors (Lipinski definition) is 1. The van der Waals surface area contributed by atoms with Gasteiger partial charge in [-0.15, -0.1) is 0 Å². The van der Waals surface area contributed by atoms with Gasteiger partial charge in [0.25, 0.3) is 0 Å². The zero-order valence-electron chi connectivity index (χ0n) is 8.33. The monoisotopic (exact) mass is 295 g/mol. The van der Waals surface area contributed by atoms with Crippen molar-refractivity contribution >= 4 is 11.6 Å². The summed E-state index contributed by atoms with van der Waals surface area (Å²) in [6.45, 7) is 0. The standard InChI is InChI=1S/C9H5ClF7N/c10-3-1-4(11)6(5(12)2-3)7(18)8(13,14)9(15,16)17/h1-2,7H,18H2/t7-/m0/s1. The molecule has 9 heteroatoms. The molecule has 0 aliphatic heterocycles. The summed E-state index contributed by atoms with van der Waals surface area (Å²) in [6.07, 6.45) is -6.02. The van der Waals surface area contributed by atoms with Crippen molar-refractivity contribution in [2.45, 2.75) is 18.1 Å². The van der Waals surface area contributed by atoms with Crippen LogP contribution in [0.1, 0.15) is 11.6 Å². The quantitative estimate of drug-likeness (QED) is 0.825. The third kappa shape index (κ3) is 2.54. The second-order valence-corrected chi connectivity index (χ2v) is 3.82. The Labute approximate surface area is 101 Å². The Morgan fingerprint density at radius 1 is 1.00 bits per heavy atom. The van der Waals surface area contributed by atoms with Crippen LogP contribution >= 0.6 is 11.6 Å². The van der Waals surface area contributed by atoms with E-state index in [-0.39, 0.29) is 0 Å². The van der Waals surface area contributed by atoms with E-state index in [0.717, 1.165) is 0 Å². The fourth-order valence-corrected chi connectivity index (χ4v) is 1.40. The van der Waals surface area contributed by atoms with Crippen LogP contribution in [0.4, 0.5) is 30.7 Å². The summed E-state index contributed by atoms with van der Waals surface area (Å²) in [5, 5.41) is -0.490. The molecule has 0 bridgehead atoms. The number of nitrogens with two attached hydrogens (primary N) is 1. The van der Waals surface area contributed by atoms with E-state index in [1.807, 2.05) is 0 Å². The molecule has 1 aromatic carbocycles. The topological polar surface area (TPSA) is 26.0 Å². The Morgan fingerprint density at radius 3 is 1.72 bits per heavy atom. The molecule has 0 aromatic heterocycles. The molecule has 0 saturated carbocycles. The van der Waals surface area contributed by atoms with Gasteiger partial charge >= 0.3 is 12.1 Å². The second-order valence-electron chi connectivity index (χ2n) is 3.38. The molecule has 1 atom stereocenters. The van der Waals surface area contributed by atoms with Gasteiger partial charge in [0.15, 0.2) is 0 Å². The lowest BCUT2D eigenvalue weighted by Crippen LogP contribution is -2.46. The molecule has 2 N–H and O–H groups in total. The van der Waals surface area contributed by atoms with Gasteiger partial charge in [0, 0.05) is 10.6 Å². The van der Waals surface area contributed by atoms with Crippen LogP contribution in [0.5, 0.6) is 0 Å². The summed E-state index contributed by atoms with van der Waals surface area (Å²) in [7, 11) is 0. The van der Waals surface area contributed by atoms with Crippen molar-refractivity contribution in [2.75, 3.05) is 0 Å². The Bertz CT molecular complexity index is 434. The lowest BCUT2D eigenvalue weighted by Gasteiger charge is -2.26. The minimum absolute atomic E-state index is 0.395. The first-order chi connectivity index (χ1) is 7.98. The second kappa shape index (κ2) is 4.58. The molecule has 0 unspecified atom stereocenters. The van der Waals surface area contributed by atoms with Crippen LogP contribution in [0.2, 0.25) is 5.02 Å². The molecule has 1 aromatic rings. The first-order valence-electron chi connectivity index (χ1n) is 4.33. The van der Waals surface area contributed by atoms with Crippen LogP contribution in [0.25, 0.3) is 0 Å². The van der Waals surface area contributed by atoms with Crippen LogP contribution < -0.4 is 5.73 Å². The first-order valence-corrected chi connectivity index (χ1v) is 4.71. The van der Waals surface area contributed by atoms with Crippen molar-refractivity contribution in [3.8, 4) is 0 Å². The van der Waals surface area contributed by atoms with Crippen LogP contribution in [0.15, 0.2) is 12.1 Å². The molecular formula is C9H5ClF7N. The molecule has 0 radical (unpaired) electrons. The fourth-order valence-electron chi connectivity index (χ4n) is 1.21. The van der Waals surface area contributed by atoms with E-state index in [2.05, 4.69) is 5.73 Å². The summed E-state index contributed by atoms with van der Waals surface area (Å²) < 4.78 is 88.1. The summed E-state index contributed by atoms with van der Waals surface area (Å²) in [6, 6.07) is -2.41. The van der Waals surface area contributed by atoms with Gasteiger partial charge in [-0.05, 0) is 12.1 Å². The lowest BCUT2D eigenvalue weighted by atomic mass is 10.00. The molecule has 0 heterocycles. The number of hydrogen-bond acceptors (Lipinski definition) is 1. The average Bonchev–Trinajstić information content (AvgIpc) is 2.13. The molecule has 18 heavy (non-hydrogen) atoms. The predicted octanol–water partition coefficient (Wildman–Crippen LogP) is 3.82. The first kappa shape index (κ1) is 15.0. The third-order valence-electron chi connectivity index (χ3n) is 2.12. The number of rotatable bonds is 2. The van der Waals surface area contributed by atoms with Gasteiger partial charge in [-0.25, -0.2) is 8.78 Å². The molecule has 0 amide bonds. The van der Waals surface area contributed by atoms with Gasteiger partial charge in [-0.2, -0.15) is 22.0 Å². The van der Waals surface area contributed by atoms with Crippen molar-refractivity contribution < 1.29 is 30.7 Å². The van der Waals surface area contributed by atoms with Gasteiger partial charge in [-0.1, -0.05) is 11.6 Å². The van der Waals surface area contributed by atoms with Crippen molar-refractivity contribution in [1.29, 1.82) is 0 Å². The highest BCUT2D eigenvalue weighted by atomic mass is 35.5. The van der Waals surface area contributed by atoms with E-state index in [0.29, 0.717) is 12.1 Å². The van der Waals surface area contributed by atoms with E-state index < -0.39 is 40.4 Å². The van der Waals surface area contributed by atoms with Gasteiger partial charge < -0.3 is 5.73 Å². The Kier molecular flexibility index (Phi) is 3.83. The van der Waals surface area contributed by atoms with E-state index in [1.54, 1.807) is 0 Å². The maximum absolute atomic E-state index is 13.2. The maximum atomic E-state index is 13.2. The third-order valence-corrected chi connectivity index (χ3v) is 2.34. The number of alkyl halides is 5. The van der Waals surface area contributed by atoms with E-state index in [1.165, 1.54) is 0 Å². The molecule has 0 spiro atoms. The normalized spacial score (nSPS) is 14.7. The highest BCUT2D eigenvalue weighted by Gasteiger charge is 2.62. The van der Waals surface area contributed by atoms with Gasteiger partial charge in [0.2, 0.25) is 0 Å². The van der Waals surface area contributed by atoms with Crippen LogP contribution in [0.3, 0.4) is 0 Å². The summed E-state index contributed by atoms with van der Waals surface area (Å²) in [5.74, 6) is -8.81. The summed E-state index contributed by atoms with van der Waals surface area (Å²) >= 11 is 5.20. The van der Waals surface area contributed by atoms with Crippen LogP contribution in [-0.4, -0.2) is 12.1 Å². The van der Waals surface area contributed by atoms with Crippen molar-refractivity contribution in [2.24, 2.45) is 5.73 Å². The van der Waals surface area contributed by atoms with E-state index in [4.69, 9.17) is 11.6 Å². The Hall–Kier alpha value is -1.02. The van der Waals surface area contributed by atoms with Gasteiger partial charge in [0.05, 0.1) is 0 Å². The highest BCUT2D eigenvalue weighted by molar-refractivity contribution is 6.30. The minimum atomic E-state index is -6.02. The zero-order valence-corrected chi connectivity index (χ0v) is 9.09. The predicted molar refractivity (Wildman–Crippen MR) is 49.3 cm³/mol. The number of benzene rings is 1. The molecule has 1 rings (SSSR count). The zero-order chi connectivity index (χ0) is 14.3. The average molecular weight is 296 g/mol.